The molecule has 9 heteroatoms. The van der Waals surface area contributed by atoms with Crippen LogP contribution in [0.25, 0.3) is 0 Å². The number of pyridine rings is 1. The van der Waals surface area contributed by atoms with Crippen molar-refractivity contribution in [3.63, 3.8) is 0 Å². The molecule has 2 rings (SSSR count). The van der Waals surface area contributed by atoms with Crippen LogP contribution in [0.2, 0.25) is 0 Å². The number of amides is 1. The number of anilines is 1. The van der Waals surface area contributed by atoms with E-state index in [4.69, 9.17) is 14.5 Å². The summed E-state index contributed by atoms with van der Waals surface area (Å²) in [5.74, 6) is -0.458. The number of carbonyl (C=O) groups is 2. The largest absolute Gasteiger partial charge is 0.480 e. The number of nitrogens with zero attached hydrogens (tertiary/aromatic N) is 2. The normalized spacial score (nSPS) is 14.5. The second kappa shape index (κ2) is 13.5. The molecule has 0 radical (unpaired) electrons. The van der Waals surface area contributed by atoms with Gasteiger partial charge in [0.2, 0.25) is 0 Å². The minimum atomic E-state index is -1.08. The Morgan fingerprint density at radius 3 is 2.73 bits per heavy atom. The number of nitrogens with one attached hydrogen (secondary N) is 2. The van der Waals surface area contributed by atoms with Crippen molar-refractivity contribution < 1.29 is 24.2 Å². The Morgan fingerprint density at radius 1 is 1.24 bits per heavy atom. The fourth-order valence-electron chi connectivity index (χ4n) is 3.70. The molecule has 0 fully saturated rings. The van der Waals surface area contributed by atoms with E-state index in [0.29, 0.717) is 26.1 Å². The topological polar surface area (TPSA) is 113 Å². The summed E-state index contributed by atoms with van der Waals surface area (Å²) in [5.41, 5.74) is 1.31. The zero-order valence-corrected chi connectivity index (χ0v) is 20.5. The molecule has 186 valence electrons. The van der Waals surface area contributed by atoms with Crippen molar-refractivity contribution in [2.24, 2.45) is 0 Å². The predicted molar refractivity (Wildman–Crippen MR) is 128 cm³/mol. The van der Waals surface area contributed by atoms with Crippen molar-refractivity contribution >= 4 is 17.7 Å². The molecule has 0 saturated heterocycles. The maximum absolute atomic E-state index is 12.3. The average molecular weight is 465 g/mol. The number of aryl methyl sites for hydroxylation is 2. The summed E-state index contributed by atoms with van der Waals surface area (Å²) in [6.45, 7) is 6.86. The fraction of sp³-hybridized carbons (Fsp3) is 0.708. The molecular formula is C24H40N4O5. The number of methoxy groups -OCH3 is 2. The lowest BCUT2D eigenvalue weighted by Crippen LogP contribution is -2.51. The molecule has 1 aromatic rings. The van der Waals surface area contributed by atoms with E-state index >= 15 is 0 Å². The van der Waals surface area contributed by atoms with E-state index in [1.807, 2.05) is 0 Å². The van der Waals surface area contributed by atoms with Gasteiger partial charge < -0.3 is 30.1 Å². The van der Waals surface area contributed by atoms with Crippen molar-refractivity contribution in [2.45, 2.75) is 64.0 Å². The molecule has 0 spiro atoms. The van der Waals surface area contributed by atoms with E-state index in [0.717, 1.165) is 56.7 Å². The van der Waals surface area contributed by atoms with E-state index in [2.05, 4.69) is 27.7 Å². The molecule has 33 heavy (non-hydrogen) atoms. The van der Waals surface area contributed by atoms with E-state index in [1.165, 1.54) is 12.7 Å². The molecule has 0 saturated carbocycles. The number of carboxylic acid groups (broad SMARTS) is 1. The molecule has 3 N–H and O–H groups in total. The van der Waals surface area contributed by atoms with Gasteiger partial charge in [-0.15, -0.1) is 0 Å². The zero-order chi connectivity index (χ0) is 24.3. The minimum absolute atomic E-state index is 0.308. The molecule has 0 bridgehead atoms. The predicted octanol–water partition coefficient (Wildman–Crippen LogP) is 2.10. The molecule has 1 aliphatic rings. The lowest BCUT2D eigenvalue weighted by molar-refractivity contribution is -0.147. The van der Waals surface area contributed by atoms with E-state index in [9.17, 15) is 14.7 Å². The third-order valence-electron chi connectivity index (χ3n) is 6.12. The lowest BCUT2D eigenvalue weighted by Gasteiger charge is -2.27. The van der Waals surface area contributed by atoms with Crippen LogP contribution in [0.15, 0.2) is 12.1 Å². The van der Waals surface area contributed by atoms with Gasteiger partial charge in [0.15, 0.2) is 0 Å². The van der Waals surface area contributed by atoms with Crippen LogP contribution in [0.4, 0.5) is 5.82 Å². The quantitative estimate of drug-likeness (QED) is 0.338. The van der Waals surface area contributed by atoms with Crippen LogP contribution < -0.4 is 10.6 Å². The third kappa shape index (κ3) is 8.91. The number of aliphatic carboxylic acids is 1. The van der Waals surface area contributed by atoms with Crippen molar-refractivity contribution in [3.05, 3.63) is 23.4 Å². The second-order valence-corrected chi connectivity index (χ2v) is 9.00. The number of rotatable bonds is 15. The molecule has 1 unspecified atom stereocenters. The van der Waals surface area contributed by atoms with Gasteiger partial charge in [-0.25, -0.2) is 9.78 Å². The molecule has 0 aromatic carbocycles. The van der Waals surface area contributed by atoms with Crippen LogP contribution in [0.5, 0.6) is 0 Å². The monoisotopic (exact) mass is 464 g/mol. The van der Waals surface area contributed by atoms with Crippen LogP contribution in [-0.2, 0) is 31.9 Å². The number of ether oxygens (including phenoxy) is 2. The van der Waals surface area contributed by atoms with Crippen molar-refractivity contribution in [1.82, 2.24) is 15.2 Å². The number of unbranched alkanes of at least 4 members (excludes halogenated alkanes) is 1. The summed E-state index contributed by atoms with van der Waals surface area (Å²) < 4.78 is 10.4. The van der Waals surface area contributed by atoms with Gasteiger partial charge in [-0.3, -0.25) is 4.79 Å². The molecule has 1 atom stereocenters. The molecule has 9 nitrogen and oxygen atoms in total. The molecule has 1 aromatic heterocycles. The van der Waals surface area contributed by atoms with Gasteiger partial charge in [-0.05, 0) is 70.5 Å². The van der Waals surface area contributed by atoms with Crippen LogP contribution >= 0.6 is 0 Å². The van der Waals surface area contributed by atoms with Crippen molar-refractivity contribution in [1.29, 1.82) is 0 Å². The molecule has 1 amide bonds. The first-order valence-corrected chi connectivity index (χ1v) is 11.8. The number of aromatic nitrogens is 1. The number of hydrogen-bond acceptors (Lipinski definition) is 7. The fourth-order valence-corrected chi connectivity index (χ4v) is 3.70. The highest BCUT2D eigenvalue weighted by atomic mass is 16.5. The van der Waals surface area contributed by atoms with Gasteiger partial charge in [0.05, 0.1) is 6.61 Å². The Labute approximate surface area is 197 Å². The number of fused-ring (bicyclic) bond motifs is 1. The molecule has 2 heterocycles. The third-order valence-corrected chi connectivity index (χ3v) is 6.12. The number of carbonyl (C=O) groups excluding carboxylic acids is 1. The van der Waals surface area contributed by atoms with E-state index < -0.39 is 23.5 Å². The Bertz CT molecular complexity index is 771. The highest BCUT2D eigenvalue weighted by molar-refractivity contribution is 5.88. The highest BCUT2D eigenvalue weighted by Crippen LogP contribution is 2.20. The SMILES string of the molecule is COCCN(CCCCc1ccc2c(n1)NCCC2)CCC(NC(=O)C(C)(C)OC)C(=O)O. The Kier molecular flexibility index (Phi) is 11.0. The van der Waals surface area contributed by atoms with E-state index in [1.54, 1.807) is 21.0 Å². The van der Waals surface area contributed by atoms with Gasteiger partial charge >= 0.3 is 5.97 Å². The summed E-state index contributed by atoms with van der Waals surface area (Å²) in [6, 6.07) is 3.33. The Morgan fingerprint density at radius 2 is 2.03 bits per heavy atom. The van der Waals surface area contributed by atoms with Gasteiger partial charge in [0.1, 0.15) is 17.5 Å². The first kappa shape index (κ1) is 27.0. The summed E-state index contributed by atoms with van der Waals surface area (Å²) in [4.78, 5) is 30.9. The van der Waals surface area contributed by atoms with Crippen LogP contribution in [0.1, 0.15) is 50.8 Å². The summed E-state index contributed by atoms with van der Waals surface area (Å²) in [5, 5.41) is 15.5. The highest BCUT2D eigenvalue weighted by Gasteiger charge is 2.31. The zero-order valence-electron chi connectivity index (χ0n) is 20.5. The van der Waals surface area contributed by atoms with Gasteiger partial charge in [0.25, 0.3) is 5.91 Å². The molecular weight excluding hydrogens is 424 g/mol. The van der Waals surface area contributed by atoms with Gasteiger partial charge in [0, 0.05) is 39.5 Å². The molecule has 0 aliphatic carbocycles. The number of carboxylic acids is 1. The minimum Gasteiger partial charge on any atom is -0.480 e. The lowest BCUT2D eigenvalue weighted by atomic mass is 10.1. The first-order chi connectivity index (χ1) is 15.8. The van der Waals surface area contributed by atoms with Crippen LogP contribution in [-0.4, -0.2) is 85.5 Å². The maximum Gasteiger partial charge on any atom is 0.326 e. The number of hydrogen-bond donors (Lipinski definition) is 3. The molecule has 1 aliphatic heterocycles. The summed E-state index contributed by atoms with van der Waals surface area (Å²) in [6.07, 6.45) is 5.43. The van der Waals surface area contributed by atoms with Gasteiger partial charge in [-0.1, -0.05) is 6.07 Å². The van der Waals surface area contributed by atoms with Crippen molar-refractivity contribution in [3.8, 4) is 0 Å². The second-order valence-electron chi connectivity index (χ2n) is 9.00. The Hall–Kier alpha value is -2.23. The average Bonchev–Trinajstić information content (AvgIpc) is 2.81. The van der Waals surface area contributed by atoms with E-state index in [-0.39, 0.29) is 0 Å². The van der Waals surface area contributed by atoms with Crippen LogP contribution in [0.3, 0.4) is 0 Å². The first-order valence-electron chi connectivity index (χ1n) is 11.8. The summed E-state index contributed by atoms with van der Waals surface area (Å²) >= 11 is 0. The van der Waals surface area contributed by atoms with Crippen molar-refractivity contribution in [2.75, 3.05) is 52.3 Å². The van der Waals surface area contributed by atoms with Crippen LogP contribution in [0, 0.1) is 0 Å². The standard InChI is InChI=1S/C24H40N4O5/c1-24(2,33-4)23(31)27-20(22(29)30)12-15-28(16-17-32-3)14-6-5-9-19-11-10-18-8-7-13-25-21(18)26-19/h10-11,20H,5-9,12-17H2,1-4H3,(H,25,26)(H,27,31)(H,29,30). The smallest absolute Gasteiger partial charge is 0.326 e. The summed E-state index contributed by atoms with van der Waals surface area (Å²) in [7, 11) is 3.08. The van der Waals surface area contributed by atoms with Gasteiger partial charge in [-0.2, -0.15) is 0 Å². The Balaban J connectivity index is 1.82. The maximum atomic E-state index is 12.3.